The monoisotopic (exact) mass is 254 g/mol. The normalized spacial score (nSPS) is 17.2. The second kappa shape index (κ2) is 5.38. The summed E-state index contributed by atoms with van der Waals surface area (Å²) >= 11 is 0. The molecule has 0 aromatic heterocycles. The second-order valence-electron chi connectivity index (χ2n) is 5.80. The zero-order chi connectivity index (χ0) is 14.7. The van der Waals surface area contributed by atoms with Crippen LogP contribution in [0.1, 0.15) is 41.5 Å². The summed E-state index contributed by atoms with van der Waals surface area (Å²) in [5.74, 6) is -1.99. The van der Waals surface area contributed by atoms with Gasteiger partial charge in [-0.3, -0.25) is 0 Å². The fourth-order valence-corrected chi connectivity index (χ4v) is 1.50. The molecule has 0 unspecified atom stereocenters. The lowest BCUT2D eigenvalue weighted by Gasteiger charge is -2.38. The topological polar surface area (TPSA) is 74.6 Å². The van der Waals surface area contributed by atoms with Crippen LogP contribution in [0.3, 0.4) is 0 Å². The zero-order valence-electron chi connectivity index (χ0n) is 11.9. The molecule has 0 heterocycles. The van der Waals surface area contributed by atoms with Gasteiger partial charge in [0.25, 0.3) is 0 Å². The average molecular weight is 254 g/mol. The van der Waals surface area contributed by atoms with Gasteiger partial charge in [-0.25, -0.2) is 9.59 Å². The molecule has 0 aliphatic heterocycles. The molecule has 18 heavy (non-hydrogen) atoms. The van der Waals surface area contributed by atoms with Crippen molar-refractivity contribution in [2.24, 2.45) is 10.8 Å². The minimum Gasteiger partial charge on any atom is -0.478 e. The summed E-state index contributed by atoms with van der Waals surface area (Å²) < 4.78 is 0. The SMILES string of the molecule is CC(=CC(C)(C=C(C)C(=O)O)C(C)(C)C)C(=O)O. The van der Waals surface area contributed by atoms with Crippen molar-refractivity contribution in [2.45, 2.75) is 41.5 Å². The van der Waals surface area contributed by atoms with Crippen LogP contribution in [0.4, 0.5) is 0 Å². The van der Waals surface area contributed by atoms with Crippen LogP contribution in [0.2, 0.25) is 0 Å². The molecule has 0 spiro atoms. The first-order chi connectivity index (χ1) is 7.90. The van der Waals surface area contributed by atoms with Crippen molar-refractivity contribution >= 4 is 11.9 Å². The molecule has 0 saturated heterocycles. The van der Waals surface area contributed by atoms with Crippen LogP contribution in [0, 0.1) is 10.8 Å². The van der Waals surface area contributed by atoms with Crippen molar-refractivity contribution in [1.29, 1.82) is 0 Å². The maximum absolute atomic E-state index is 10.9. The molecule has 2 N–H and O–H groups in total. The highest BCUT2D eigenvalue weighted by molar-refractivity contribution is 5.87. The number of rotatable bonds is 4. The van der Waals surface area contributed by atoms with Gasteiger partial charge in [-0.05, 0) is 19.3 Å². The van der Waals surface area contributed by atoms with Gasteiger partial charge in [0.1, 0.15) is 0 Å². The van der Waals surface area contributed by atoms with Gasteiger partial charge in [0.15, 0.2) is 0 Å². The standard InChI is InChI=1S/C14H22O4/c1-9(11(15)16)7-14(6,13(3,4)5)8-10(2)12(17)18/h7-8H,1-6H3,(H,15,16)(H,17,18). The van der Waals surface area contributed by atoms with Gasteiger partial charge in [0, 0.05) is 16.6 Å². The van der Waals surface area contributed by atoms with Crippen LogP contribution in [0.15, 0.2) is 23.3 Å². The first-order valence-corrected chi connectivity index (χ1v) is 5.76. The van der Waals surface area contributed by atoms with Crippen LogP contribution >= 0.6 is 0 Å². The lowest BCUT2D eigenvalue weighted by atomic mass is 9.66. The van der Waals surface area contributed by atoms with E-state index in [0.717, 1.165) is 0 Å². The Morgan fingerprint density at radius 3 is 1.28 bits per heavy atom. The largest absolute Gasteiger partial charge is 0.478 e. The van der Waals surface area contributed by atoms with E-state index in [1.54, 1.807) is 12.2 Å². The van der Waals surface area contributed by atoms with Gasteiger partial charge >= 0.3 is 11.9 Å². The molecule has 0 aromatic rings. The molecule has 4 nitrogen and oxygen atoms in total. The van der Waals surface area contributed by atoms with Crippen molar-refractivity contribution < 1.29 is 19.8 Å². The molecule has 102 valence electrons. The van der Waals surface area contributed by atoms with E-state index < -0.39 is 17.4 Å². The Kier molecular flexibility index (Phi) is 4.90. The highest BCUT2D eigenvalue weighted by atomic mass is 16.4. The number of aliphatic carboxylic acids is 2. The molecule has 4 heteroatoms. The maximum atomic E-state index is 10.9. The molecule has 0 radical (unpaired) electrons. The van der Waals surface area contributed by atoms with Crippen molar-refractivity contribution in [3.8, 4) is 0 Å². The average Bonchev–Trinajstić information content (AvgIpc) is 2.14. The van der Waals surface area contributed by atoms with E-state index in [1.807, 2.05) is 27.7 Å². The summed E-state index contributed by atoms with van der Waals surface area (Å²) in [5, 5.41) is 17.9. The number of carboxylic acids is 2. The predicted molar refractivity (Wildman–Crippen MR) is 70.3 cm³/mol. The third kappa shape index (κ3) is 4.02. The Morgan fingerprint density at radius 2 is 1.11 bits per heavy atom. The van der Waals surface area contributed by atoms with E-state index in [0.29, 0.717) is 0 Å². The Balaban J connectivity index is 5.78. The summed E-state index contributed by atoms with van der Waals surface area (Å²) in [5.41, 5.74) is -0.512. The van der Waals surface area contributed by atoms with E-state index in [-0.39, 0.29) is 16.6 Å². The zero-order valence-corrected chi connectivity index (χ0v) is 11.9. The van der Waals surface area contributed by atoms with Crippen LogP contribution in [-0.4, -0.2) is 22.2 Å². The molecular formula is C14H22O4. The van der Waals surface area contributed by atoms with E-state index in [2.05, 4.69) is 0 Å². The Hall–Kier alpha value is -1.58. The molecule has 0 aliphatic rings. The molecular weight excluding hydrogens is 232 g/mol. The Bertz CT molecular complexity index is 378. The van der Waals surface area contributed by atoms with Crippen LogP contribution < -0.4 is 0 Å². The molecule has 0 bridgehead atoms. The minimum atomic E-state index is -0.994. The second-order valence-corrected chi connectivity index (χ2v) is 5.80. The summed E-state index contributed by atoms with van der Waals surface area (Å²) in [6.07, 6.45) is 3.23. The first kappa shape index (κ1) is 16.4. The van der Waals surface area contributed by atoms with E-state index in [9.17, 15) is 9.59 Å². The van der Waals surface area contributed by atoms with Crippen LogP contribution in [-0.2, 0) is 9.59 Å². The smallest absolute Gasteiger partial charge is 0.330 e. The maximum Gasteiger partial charge on any atom is 0.330 e. The van der Waals surface area contributed by atoms with Gasteiger partial charge in [0.2, 0.25) is 0 Å². The first-order valence-electron chi connectivity index (χ1n) is 5.76. The van der Waals surface area contributed by atoms with E-state index in [1.165, 1.54) is 13.8 Å². The molecule has 0 aliphatic carbocycles. The summed E-state index contributed by atoms with van der Waals surface area (Å²) in [7, 11) is 0. The molecule has 0 fully saturated rings. The summed E-state index contributed by atoms with van der Waals surface area (Å²) in [6, 6.07) is 0. The lowest BCUT2D eigenvalue weighted by Crippen LogP contribution is -2.30. The number of hydrogen-bond acceptors (Lipinski definition) is 2. The van der Waals surface area contributed by atoms with E-state index in [4.69, 9.17) is 10.2 Å². The third-order valence-corrected chi connectivity index (χ3v) is 3.32. The van der Waals surface area contributed by atoms with Gasteiger partial charge in [0.05, 0.1) is 0 Å². The third-order valence-electron chi connectivity index (χ3n) is 3.32. The lowest BCUT2D eigenvalue weighted by molar-refractivity contribution is -0.133. The summed E-state index contributed by atoms with van der Waals surface area (Å²) in [4.78, 5) is 21.8. The van der Waals surface area contributed by atoms with Gasteiger partial charge in [-0.15, -0.1) is 0 Å². The fraction of sp³-hybridized carbons (Fsp3) is 0.571. The number of carboxylic acid groups (broad SMARTS) is 2. The Morgan fingerprint density at radius 1 is 0.833 bits per heavy atom. The number of hydrogen-bond donors (Lipinski definition) is 2. The quantitative estimate of drug-likeness (QED) is 0.756. The molecule has 0 rings (SSSR count). The highest BCUT2D eigenvalue weighted by Crippen LogP contribution is 2.42. The van der Waals surface area contributed by atoms with E-state index >= 15 is 0 Å². The number of carbonyl (C=O) groups is 2. The predicted octanol–water partition coefficient (Wildman–Crippen LogP) is 3.10. The molecule has 0 saturated carbocycles. The Labute approximate surface area is 108 Å². The van der Waals surface area contributed by atoms with Crippen molar-refractivity contribution in [1.82, 2.24) is 0 Å². The molecule has 0 aromatic carbocycles. The van der Waals surface area contributed by atoms with Crippen LogP contribution in [0.5, 0.6) is 0 Å². The molecule has 0 amide bonds. The van der Waals surface area contributed by atoms with Crippen LogP contribution in [0.25, 0.3) is 0 Å². The van der Waals surface area contributed by atoms with Gasteiger partial charge < -0.3 is 10.2 Å². The van der Waals surface area contributed by atoms with Crippen molar-refractivity contribution in [3.63, 3.8) is 0 Å². The van der Waals surface area contributed by atoms with Gasteiger partial charge in [-0.1, -0.05) is 39.8 Å². The highest BCUT2D eigenvalue weighted by Gasteiger charge is 2.34. The van der Waals surface area contributed by atoms with Gasteiger partial charge in [-0.2, -0.15) is 0 Å². The summed E-state index contributed by atoms with van der Waals surface area (Å²) in [6.45, 7) is 10.7. The van der Waals surface area contributed by atoms with Crippen molar-refractivity contribution in [2.75, 3.05) is 0 Å². The molecule has 0 atom stereocenters. The fourth-order valence-electron chi connectivity index (χ4n) is 1.50. The minimum absolute atomic E-state index is 0.210. The number of allylic oxidation sites excluding steroid dienone is 2. The van der Waals surface area contributed by atoms with Crippen molar-refractivity contribution in [3.05, 3.63) is 23.3 Å².